The van der Waals surface area contributed by atoms with Crippen LogP contribution in [0.1, 0.15) is 5.56 Å². The monoisotopic (exact) mass is 232 g/mol. The van der Waals surface area contributed by atoms with Crippen LogP contribution in [-0.2, 0) is 4.84 Å². The molecule has 0 aliphatic carbocycles. The summed E-state index contributed by atoms with van der Waals surface area (Å²) in [5, 5.41) is 0. The SMILES string of the molecule is CO[N+](=O)c1cc2c(cc1C)OC(F)(F)O2. The number of ether oxygens (including phenoxy) is 2. The number of benzene rings is 1. The molecule has 0 amide bonds. The van der Waals surface area contributed by atoms with Crippen LogP contribution in [0.4, 0.5) is 14.5 Å². The smallest absolute Gasteiger partial charge is 0.395 e. The number of halogens is 2. The molecule has 1 aromatic rings. The van der Waals surface area contributed by atoms with Crippen molar-refractivity contribution in [3.63, 3.8) is 0 Å². The first-order chi connectivity index (χ1) is 7.43. The highest BCUT2D eigenvalue weighted by Crippen LogP contribution is 2.44. The van der Waals surface area contributed by atoms with Crippen molar-refractivity contribution in [2.45, 2.75) is 13.2 Å². The van der Waals surface area contributed by atoms with Crippen LogP contribution in [0.2, 0.25) is 0 Å². The largest absolute Gasteiger partial charge is 0.586 e. The third-order valence-electron chi connectivity index (χ3n) is 2.08. The molecule has 1 aromatic carbocycles. The van der Waals surface area contributed by atoms with Gasteiger partial charge in [0.15, 0.2) is 18.6 Å². The molecule has 7 heteroatoms. The molecule has 16 heavy (non-hydrogen) atoms. The Morgan fingerprint density at radius 1 is 1.31 bits per heavy atom. The minimum absolute atomic E-state index is 0.0857. The van der Waals surface area contributed by atoms with Crippen LogP contribution in [0.5, 0.6) is 11.5 Å². The molecule has 0 radical (unpaired) electrons. The van der Waals surface area contributed by atoms with E-state index in [1.165, 1.54) is 13.2 Å². The van der Waals surface area contributed by atoms with Gasteiger partial charge in [-0.25, -0.2) is 4.84 Å². The molecule has 0 saturated heterocycles. The first-order valence-corrected chi connectivity index (χ1v) is 4.35. The van der Waals surface area contributed by atoms with Crippen molar-refractivity contribution < 1.29 is 28.0 Å². The van der Waals surface area contributed by atoms with Gasteiger partial charge in [0.1, 0.15) is 0 Å². The number of alkyl halides is 2. The Kier molecular flexibility index (Phi) is 2.18. The van der Waals surface area contributed by atoms with Crippen LogP contribution in [0.3, 0.4) is 0 Å². The van der Waals surface area contributed by atoms with E-state index in [1.807, 2.05) is 0 Å². The zero-order chi connectivity index (χ0) is 11.9. The highest BCUT2D eigenvalue weighted by Gasteiger charge is 2.44. The summed E-state index contributed by atoms with van der Waals surface area (Å²) in [7, 11) is 1.17. The summed E-state index contributed by atoms with van der Waals surface area (Å²) in [6.45, 7) is 1.57. The second kappa shape index (κ2) is 3.29. The van der Waals surface area contributed by atoms with E-state index in [-0.39, 0.29) is 22.1 Å². The molecule has 1 aliphatic heterocycles. The number of aryl methyl sites for hydroxylation is 1. The number of hydrogen-bond donors (Lipinski definition) is 0. The predicted octanol–water partition coefficient (Wildman–Crippen LogP) is 2.29. The lowest BCUT2D eigenvalue weighted by atomic mass is 10.2. The van der Waals surface area contributed by atoms with E-state index in [9.17, 15) is 13.7 Å². The van der Waals surface area contributed by atoms with Crippen LogP contribution in [0.15, 0.2) is 12.1 Å². The Bertz CT molecular complexity index is 461. The van der Waals surface area contributed by atoms with Gasteiger partial charge in [-0.1, -0.05) is 0 Å². The summed E-state index contributed by atoms with van der Waals surface area (Å²) >= 11 is 0. The number of rotatable bonds is 2. The van der Waals surface area contributed by atoms with Gasteiger partial charge in [0.25, 0.3) is 4.92 Å². The number of nitrogens with zero attached hydrogens (tertiary/aromatic N) is 1. The Morgan fingerprint density at radius 2 is 1.88 bits per heavy atom. The second-order valence-corrected chi connectivity index (χ2v) is 3.19. The van der Waals surface area contributed by atoms with Gasteiger partial charge in [-0.05, 0) is 13.0 Å². The molecule has 0 unspecified atom stereocenters. The molecular formula is C9H8F2NO4+. The lowest BCUT2D eigenvalue weighted by molar-refractivity contribution is -0.737. The van der Waals surface area contributed by atoms with E-state index in [4.69, 9.17) is 0 Å². The van der Waals surface area contributed by atoms with Crippen molar-refractivity contribution in [1.82, 2.24) is 0 Å². The van der Waals surface area contributed by atoms with Crippen LogP contribution in [0.25, 0.3) is 0 Å². The minimum atomic E-state index is -3.69. The Hall–Kier alpha value is -1.92. The second-order valence-electron chi connectivity index (χ2n) is 3.19. The van der Waals surface area contributed by atoms with Crippen LogP contribution < -0.4 is 9.47 Å². The van der Waals surface area contributed by atoms with Crippen LogP contribution in [0, 0.1) is 11.8 Å². The maximum Gasteiger partial charge on any atom is 0.586 e. The summed E-state index contributed by atoms with van der Waals surface area (Å²) in [5.41, 5.74) is 0.527. The summed E-state index contributed by atoms with van der Waals surface area (Å²) in [5.74, 6) is -0.292. The maximum absolute atomic E-state index is 12.7. The van der Waals surface area contributed by atoms with Gasteiger partial charge in [0.2, 0.25) is 0 Å². The van der Waals surface area contributed by atoms with Gasteiger partial charge < -0.3 is 9.47 Å². The quantitative estimate of drug-likeness (QED) is 0.734. The minimum Gasteiger partial charge on any atom is -0.395 e. The van der Waals surface area contributed by atoms with Crippen molar-refractivity contribution in [2.24, 2.45) is 0 Å². The van der Waals surface area contributed by atoms with E-state index >= 15 is 0 Å². The van der Waals surface area contributed by atoms with Gasteiger partial charge in [-0.15, -0.1) is 8.78 Å². The molecule has 0 fully saturated rings. The average molecular weight is 232 g/mol. The van der Waals surface area contributed by atoms with E-state index < -0.39 is 6.29 Å². The third kappa shape index (κ3) is 1.64. The summed E-state index contributed by atoms with van der Waals surface area (Å²) < 4.78 is 33.9. The molecule has 0 bridgehead atoms. The van der Waals surface area contributed by atoms with Crippen molar-refractivity contribution >= 4 is 5.69 Å². The number of fused-ring (bicyclic) bond motifs is 1. The fourth-order valence-electron chi connectivity index (χ4n) is 1.38. The van der Waals surface area contributed by atoms with Gasteiger partial charge in [0, 0.05) is 5.56 Å². The molecule has 1 heterocycles. The molecule has 0 N–H and O–H groups in total. The van der Waals surface area contributed by atoms with E-state index in [0.29, 0.717) is 5.56 Å². The highest BCUT2D eigenvalue weighted by molar-refractivity contribution is 5.54. The lowest BCUT2D eigenvalue weighted by Gasteiger charge is -2.04. The highest BCUT2D eigenvalue weighted by atomic mass is 19.3. The normalized spacial score (nSPS) is 16.0. The zero-order valence-electron chi connectivity index (χ0n) is 8.49. The van der Waals surface area contributed by atoms with Gasteiger partial charge in [-0.2, -0.15) is 0 Å². The lowest BCUT2D eigenvalue weighted by Crippen LogP contribution is -2.25. The molecule has 5 nitrogen and oxygen atoms in total. The van der Waals surface area contributed by atoms with Gasteiger partial charge in [-0.3, -0.25) is 0 Å². The molecule has 0 aromatic heterocycles. The molecule has 0 saturated carbocycles. The molecule has 86 valence electrons. The molecule has 0 spiro atoms. The topological polar surface area (TPSA) is 47.8 Å². The fraction of sp³-hybridized carbons (Fsp3) is 0.333. The van der Waals surface area contributed by atoms with Crippen molar-refractivity contribution in [3.05, 3.63) is 22.6 Å². The van der Waals surface area contributed by atoms with Gasteiger partial charge in [0.05, 0.1) is 11.0 Å². The molecule has 1 aliphatic rings. The van der Waals surface area contributed by atoms with Crippen LogP contribution >= 0.6 is 0 Å². The zero-order valence-corrected chi connectivity index (χ0v) is 8.49. The standard InChI is InChI=1S/C9H8F2NO4/c1-5-3-7-8(16-9(10,11)15-7)4-6(5)12(13)14-2/h3-4H,1-2H3/q+1. The van der Waals surface area contributed by atoms with E-state index in [2.05, 4.69) is 14.3 Å². The molecule has 2 rings (SSSR count). The first-order valence-electron chi connectivity index (χ1n) is 4.35. The average Bonchev–Trinajstić information content (AvgIpc) is 2.48. The van der Waals surface area contributed by atoms with Gasteiger partial charge >= 0.3 is 12.0 Å². The van der Waals surface area contributed by atoms with Crippen molar-refractivity contribution in [1.29, 1.82) is 0 Å². The molecule has 0 atom stereocenters. The van der Waals surface area contributed by atoms with E-state index in [1.54, 1.807) is 6.92 Å². The first kappa shape index (κ1) is 10.6. The Morgan fingerprint density at radius 3 is 2.44 bits per heavy atom. The van der Waals surface area contributed by atoms with Crippen molar-refractivity contribution in [2.75, 3.05) is 7.11 Å². The van der Waals surface area contributed by atoms with Crippen molar-refractivity contribution in [3.8, 4) is 11.5 Å². The fourth-order valence-corrected chi connectivity index (χ4v) is 1.38. The maximum atomic E-state index is 12.7. The third-order valence-corrected chi connectivity index (χ3v) is 2.08. The molecular weight excluding hydrogens is 224 g/mol. The Labute approximate surface area is 89.1 Å². The predicted molar refractivity (Wildman–Crippen MR) is 47.7 cm³/mol. The summed E-state index contributed by atoms with van der Waals surface area (Å²) in [6.07, 6.45) is -3.69. The van der Waals surface area contributed by atoms with Crippen LogP contribution in [-0.4, -0.2) is 18.3 Å². The number of hydrogen-bond acceptors (Lipinski definition) is 4. The Balaban J connectivity index is 2.45. The summed E-state index contributed by atoms with van der Waals surface area (Å²) in [4.78, 5) is 15.8. The summed E-state index contributed by atoms with van der Waals surface area (Å²) in [6, 6.07) is 2.43. The van der Waals surface area contributed by atoms with E-state index in [0.717, 1.165) is 6.07 Å².